The normalized spacial score (nSPS) is 12.0. The Hall–Kier alpha value is -4.05. The molecule has 2 amide bonds. The van der Waals surface area contributed by atoms with Crippen LogP contribution in [0.1, 0.15) is 32.8 Å². The predicted octanol–water partition coefficient (Wildman–Crippen LogP) is 4.27. The maximum Gasteiger partial charge on any atom is 0.264 e. The number of carbonyl (C=O) groups excluding carboxylic acids is 2. The molecule has 0 aliphatic carbocycles. The molecule has 41 heavy (non-hydrogen) atoms. The molecular weight excluding hydrogens is 542 g/mol. The Morgan fingerprint density at radius 1 is 0.878 bits per heavy atom. The summed E-state index contributed by atoms with van der Waals surface area (Å²) in [5.41, 5.74) is 1.22. The van der Waals surface area contributed by atoms with Crippen molar-refractivity contribution >= 4 is 27.5 Å². The van der Waals surface area contributed by atoms with Gasteiger partial charge < -0.3 is 19.7 Å². The first-order chi connectivity index (χ1) is 19.6. The fourth-order valence-electron chi connectivity index (χ4n) is 4.51. The SMILES string of the molecule is CC[C@@H](C(=O)NC(C)C)N(CCc1ccccc1)C(=O)CN(c1ccc(OC)c(OC)c1)S(=O)(=O)c1ccccc1. The highest BCUT2D eigenvalue weighted by molar-refractivity contribution is 7.92. The zero-order valence-corrected chi connectivity index (χ0v) is 25.1. The van der Waals surface area contributed by atoms with Crippen molar-refractivity contribution < 1.29 is 27.5 Å². The van der Waals surface area contributed by atoms with Gasteiger partial charge >= 0.3 is 0 Å². The number of rotatable bonds is 14. The molecule has 0 fully saturated rings. The Morgan fingerprint density at radius 3 is 2.05 bits per heavy atom. The number of nitrogens with zero attached hydrogens (tertiary/aromatic N) is 2. The molecule has 3 rings (SSSR count). The molecule has 0 bridgehead atoms. The van der Waals surface area contributed by atoms with E-state index in [4.69, 9.17) is 9.47 Å². The highest BCUT2D eigenvalue weighted by Crippen LogP contribution is 2.34. The molecule has 3 aromatic rings. The average Bonchev–Trinajstić information content (AvgIpc) is 2.97. The van der Waals surface area contributed by atoms with Gasteiger partial charge in [-0.25, -0.2) is 8.42 Å². The van der Waals surface area contributed by atoms with Crippen LogP contribution >= 0.6 is 0 Å². The number of amides is 2. The summed E-state index contributed by atoms with van der Waals surface area (Å²) in [6.45, 7) is 5.25. The van der Waals surface area contributed by atoms with Crippen LogP contribution in [0.3, 0.4) is 0 Å². The van der Waals surface area contributed by atoms with Crippen molar-refractivity contribution in [3.63, 3.8) is 0 Å². The summed E-state index contributed by atoms with van der Waals surface area (Å²) in [6.07, 6.45) is 0.862. The maximum absolute atomic E-state index is 14.1. The number of hydrogen-bond donors (Lipinski definition) is 1. The minimum Gasteiger partial charge on any atom is -0.493 e. The van der Waals surface area contributed by atoms with Gasteiger partial charge in [0.1, 0.15) is 12.6 Å². The van der Waals surface area contributed by atoms with Crippen LogP contribution in [-0.4, -0.2) is 64.5 Å². The second-order valence-corrected chi connectivity index (χ2v) is 11.6. The number of sulfonamides is 1. The molecular formula is C31H39N3O6S. The van der Waals surface area contributed by atoms with Crippen molar-refractivity contribution in [1.29, 1.82) is 0 Å². The number of methoxy groups -OCH3 is 2. The zero-order valence-electron chi connectivity index (χ0n) is 24.2. The van der Waals surface area contributed by atoms with E-state index in [9.17, 15) is 18.0 Å². The largest absolute Gasteiger partial charge is 0.493 e. The van der Waals surface area contributed by atoms with Crippen molar-refractivity contribution in [2.24, 2.45) is 0 Å². The summed E-state index contributed by atoms with van der Waals surface area (Å²) in [5.74, 6) is -0.0524. The predicted molar refractivity (Wildman–Crippen MR) is 160 cm³/mol. The summed E-state index contributed by atoms with van der Waals surface area (Å²) in [7, 11) is -1.24. The van der Waals surface area contributed by atoms with Gasteiger partial charge in [0.15, 0.2) is 11.5 Å². The number of nitrogens with one attached hydrogen (secondary N) is 1. The van der Waals surface area contributed by atoms with Gasteiger partial charge in [-0.3, -0.25) is 13.9 Å². The third kappa shape index (κ3) is 8.00. The average molecular weight is 582 g/mol. The van der Waals surface area contributed by atoms with Crippen molar-refractivity contribution in [2.45, 2.75) is 50.6 Å². The Bertz CT molecular complexity index is 1400. The Labute approximate surface area is 243 Å². The first-order valence-corrected chi connectivity index (χ1v) is 15.0. The Kier molecular flexibility index (Phi) is 11.2. The summed E-state index contributed by atoms with van der Waals surface area (Å²) in [4.78, 5) is 28.8. The molecule has 10 heteroatoms. The van der Waals surface area contributed by atoms with Crippen LogP contribution in [0.2, 0.25) is 0 Å². The summed E-state index contributed by atoms with van der Waals surface area (Å²) < 4.78 is 39.7. The highest BCUT2D eigenvalue weighted by atomic mass is 32.2. The minimum atomic E-state index is -4.18. The van der Waals surface area contributed by atoms with E-state index in [2.05, 4.69) is 5.32 Å². The molecule has 0 aromatic heterocycles. The number of ether oxygens (including phenoxy) is 2. The van der Waals surface area contributed by atoms with Crippen molar-refractivity contribution in [3.8, 4) is 11.5 Å². The van der Waals surface area contributed by atoms with Crippen molar-refractivity contribution in [1.82, 2.24) is 10.2 Å². The molecule has 1 N–H and O–H groups in total. The monoisotopic (exact) mass is 581 g/mol. The van der Waals surface area contributed by atoms with E-state index in [-0.39, 0.29) is 29.1 Å². The van der Waals surface area contributed by atoms with Crippen molar-refractivity contribution in [3.05, 3.63) is 84.4 Å². The molecule has 0 radical (unpaired) electrons. The standard InChI is InChI=1S/C31H39N3O6S/c1-6-27(31(36)32-23(2)3)33(20-19-24-13-9-7-10-14-24)30(35)22-34(41(37,38)26-15-11-8-12-16-26)25-17-18-28(39-4)29(21-25)40-5/h7-18,21,23,27H,6,19-20,22H2,1-5H3,(H,32,36)/t27-/m0/s1. The quantitative estimate of drug-likeness (QED) is 0.305. The van der Waals surface area contributed by atoms with Gasteiger partial charge in [-0.1, -0.05) is 55.5 Å². The maximum atomic E-state index is 14.1. The van der Waals surface area contributed by atoms with Gasteiger partial charge in [0.2, 0.25) is 11.8 Å². The summed E-state index contributed by atoms with van der Waals surface area (Å²) >= 11 is 0. The van der Waals surface area contributed by atoms with Crippen LogP contribution < -0.4 is 19.1 Å². The van der Waals surface area contributed by atoms with E-state index in [0.29, 0.717) is 24.3 Å². The van der Waals surface area contributed by atoms with Crippen LogP contribution in [0.25, 0.3) is 0 Å². The molecule has 1 atom stereocenters. The first kappa shape index (κ1) is 31.5. The highest BCUT2D eigenvalue weighted by Gasteiger charge is 2.34. The zero-order chi connectivity index (χ0) is 30.0. The smallest absolute Gasteiger partial charge is 0.264 e. The fourth-order valence-corrected chi connectivity index (χ4v) is 5.93. The van der Waals surface area contributed by atoms with E-state index in [1.807, 2.05) is 51.1 Å². The second kappa shape index (κ2) is 14.5. The third-order valence-corrected chi connectivity index (χ3v) is 8.35. The topological polar surface area (TPSA) is 105 Å². The lowest BCUT2D eigenvalue weighted by atomic mass is 10.1. The Morgan fingerprint density at radius 2 is 1.49 bits per heavy atom. The molecule has 3 aromatic carbocycles. The van der Waals surface area contributed by atoms with Crippen LogP contribution in [0.4, 0.5) is 5.69 Å². The second-order valence-electron chi connectivity index (χ2n) is 9.77. The van der Waals surface area contributed by atoms with Crippen LogP contribution in [0.5, 0.6) is 11.5 Å². The van der Waals surface area contributed by atoms with Gasteiger partial charge in [0, 0.05) is 18.7 Å². The molecule has 220 valence electrons. The number of hydrogen-bond acceptors (Lipinski definition) is 6. The lowest BCUT2D eigenvalue weighted by molar-refractivity contribution is -0.139. The molecule has 0 aliphatic rings. The van der Waals surface area contributed by atoms with Crippen molar-refractivity contribution in [2.75, 3.05) is 31.6 Å². The molecule has 0 heterocycles. The molecule has 0 saturated carbocycles. The van der Waals surface area contributed by atoms with E-state index in [0.717, 1.165) is 9.87 Å². The first-order valence-electron chi connectivity index (χ1n) is 13.6. The Balaban J connectivity index is 2.05. The summed E-state index contributed by atoms with van der Waals surface area (Å²) in [6, 6.07) is 21.3. The van der Waals surface area contributed by atoms with E-state index >= 15 is 0 Å². The molecule has 0 spiro atoms. The fraction of sp³-hybridized carbons (Fsp3) is 0.355. The number of anilines is 1. The van der Waals surface area contributed by atoms with E-state index in [1.54, 1.807) is 30.3 Å². The molecule has 0 aliphatic heterocycles. The molecule has 0 unspecified atom stereocenters. The van der Waals surface area contributed by atoms with E-state index < -0.39 is 28.5 Å². The van der Waals surface area contributed by atoms with Crippen LogP contribution in [-0.2, 0) is 26.0 Å². The van der Waals surface area contributed by atoms with Gasteiger partial charge in [-0.05, 0) is 56.5 Å². The lowest BCUT2D eigenvalue weighted by Crippen LogP contribution is -2.54. The number of benzene rings is 3. The van der Waals surface area contributed by atoms with Crippen LogP contribution in [0, 0.1) is 0 Å². The molecule has 9 nitrogen and oxygen atoms in total. The van der Waals surface area contributed by atoms with Gasteiger partial charge in [0.05, 0.1) is 24.8 Å². The molecule has 0 saturated heterocycles. The number of carbonyl (C=O) groups is 2. The van der Waals surface area contributed by atoms with E-state index in [1.165, 1.54) is 37.3 Å². The van der Waals surface area contributed by atoms with Gasteiger partial charge in [0.25, 0.3) is 10.0 Å². The third-order valence-electron chi connectivity index (χ3n) is 6.57. The lowest BCUT2D eigenvalue weighted by Gasteiger charge is -2.33. The van der Waals surface area contributed by atoms with Gasteiger partial charge in [-0.15, -0.1) is 0 Å². The van der Waals surface area contributed by atoms with Crippen LogP contribution in [0.15, 0.2) is 83.8 Å². The van der Waals surface area contributed by atoms with Gasteiger partial charge in [-0.2, -0.15) is 0 Å². The summed E-state index contributed by atoms with van der Waals surface area (Å²) in [5, 5.41) is 2.90. The minimum absolute atomic E-state index is 0.0306.